The number of hydrogen-bond acceptors (Lipinski definition) is 5. The van der Waals surface area contributed by atoms with Crippen LogP contribution in [0.3, 0.4) is 0 Å². The Bertz CT molecular complexity index is 644. The Balaban J connectivity index is 2.08. The first-order valence-corrected chi connectivity index (χ1v) is 6.03. The fourth-order valence-electron chi connectivity index (χ4n) is 1.81. The van der Waals surface area contributed by atoms with Gasteiger partial charge in [-0.15, -0.1) is 0 Å². The molecule has 22 heavy (non-hydrogen) atoms. The fraction of sp³-hybridized carbons (Fsp3) is 0.231. The minimum Gasteiger partial charge on any atom is -0.435 e. The number of ether oxygens (including phenoxy) is 1. The van der Waals surface area contributed by atoms with Crippen molar-refractivity contribution >= 4 is 23.6 Å². The molecular weight excluding hydrogens is 302 g/mol. The van der Waals surface area contributed by atoms with Gasteiger partial charge < -0.3 is 4.74 Å². The Hall–Kier alpha value is -2.84. The van der Waals surface area contributed by atoms with E-state index in [9.17, 15) is 28.0 Å². The van der Waals surface area contributed by atoms with Gasteiger partial charge in [0.1, 0.15) is 5.75 Å². The zero-order valence-corrected chi connectivity index (χ0v) is 11.3. The monoisotopic (exact) mass is 312 g/mol. The SMILES string of the molecule is CN1C(=O)C(=O)N(CC(=O)c2ccc(OC(F)F)cc2)C1=O. The number of likely N-dealkylation sites (N-methyl/N-ethyl adjacent to an activating group) is 1. The van der Waals surface area contributed by atoms with E-state index in [4.69, 9.17) is 0 Å². The number of nitrogens with zero attached hydrogens (tertiary/aromatic N) is 2. The second-order valence-corrected chi connectivity index (χ2v) is 4.36. The van der Waals surface area contributed by atoms with Gasteiger partial charge in [-0.2, -0.15) is 8.78 Å². The quantitative estimate of drug-likeness (QED) is 0.458. The first kappa shape index (κ1) is 15.5. The molecule has 9 heteroatoms. The predicted octanol–water partition coefficient (Wildman–Crippen LogP) is 0.891. The maximum atomic E-state index is 12.0. The second-order valence-electron chi connectivity index (χ2n) is 4.36. The van der Waals surface area contributed by atoms with Gasteiger partial charge >= 0.3 is 24.5 Å². The molecular formula is C13H10F2N2O5. The van der Waals surface area contributed by atoms with E-state index < -0.39 is 36.8 Å². The highest BCUT2D eigenvalue weighted by Crippen LogP contribution is 2.16. The van der Waals surface area contributed by atoms with Gasteiger partial charge in [0, 0.05) is 12.6 Å². The van der Waals surface area contributed by atoms with Crippen molar-refractivity contribution in [1.82, 2.24) is 9.80 Å². The normalized spacial score (nSPS) is 15.0. The summed E-state index contributed by atoms with van der Waals surface area (Å²) >= 11 is 0. The van der Waals surface area contributed by atoms with Crippen LogP contribution in [0.25, 0.3) is 0 Å². The van der Waals surface area contributed by atoms with E-state index in [0.717, 1.165) is 19.2 Å². The molecule has 1 aromatic carbocycles. The lowest BCUT2D eigenvalue weighted by atomic mass is 10.1. The highest BCUT2D eigenvalue weighted by Gasteiger charge is 2.42. The fourth-order valence-corrected chi connectivity index (χ4v) is 1.81. The lowest BCUT2D eigenvalue weighted by molar-refractivity contribution is -0.142. The zero-order chi connectivity index (χ0) is 16.4. The van der Waals surface area contributed by atoms with Crippen molar-refractivity contribution in [2.45, 2.75) is 6.61 Å². The van der Waals surface area contributed by atoms with E-state index in [2.05, 4.69) is 4.74 Å². The molecule has 0 atom stereocenters. The summed E-state index contributed by atoms with van der Waals surface area (Å²) in [5.74, 6) is -2.85. The van der Waals surface area contributed by atoms with E-state index in [0.29, 0.717) is 9.80 Å². The molecule has 0 saturated carbocycles. The van der Waals surface area contributed by atoms with Crippen LogP contribution in [0.5, 0.6) is 5.75 Å². The van der Waals surface area contributed by atoms with Crippen molar-refractivity contribution in [2.24, 2.45) is 0 Å². The lowest BCUT2D eigenvalue weighted by Crippen LogP contribution is -2.36. The number of halogens is 2. The molecule has 1 saturated heterocycles. The minimum atomic E-state index is -2.98. The third-order valence-electron chi connectivity index (χ3n) is 2.95. The van der Waals surface area contributed by atoms with Gasteiger partial charge in [-0.3, -0.25) is 19.3 Å². The number of imide groups is 2. The lowest BCUT2D eigenvalue weighted by Gasteiger charge is -2.12. The number of carbonyl (C=O) groups is 4. The Morgan fingerprint density at radius 1 is 1.14 bits per heavy atom. The zero-order valence-electron chi connectivity index (χ0n) is 11.3. The van der Waals surface area contributed by atoms with E-state index in [-0.39, 0.29) is 11.3 Å². The molecule has 116 valence electrons. The number of ketones is 1. The summed E-state index contributed by atoms with van der Waals surface area (Å²) in [6, 6.07) is 3.86. The minimum absolute atomic E-state index is 0.0872. The van der Waals surface area contributed by atoms with Crippen molar-refractivity contribution in [3.63, 3.8) is 0 Å². The summed E-state index contributed by atoms with van der Waals surface area (Å²) in [5, 5.41) is 0. The molecule has 1 heterocycles. The maximum absolute atomic E-state index is 12.0. The Morgan fingerprint density at radius 2 is 1.73 bits per heavy atom. The van der Waals surface area contributed by atoms with E-state index >= 15 is 0 Å². The highest BCUT2D eigenvalue weighted by atomic mass is 19.3. The van der Waals surface area contributed by atoms with Crippen molar-refractivity contribution < 1.29 is 32.7 Å². The topological polar surface area (TPSA) is 84.0 Å². The Labute approximate surface area is 123 Å². The molecule has 0 unspecified atom stereocenters. The van der Waals surface area contributed by atoms with Gasteiger partial charge in [0.25, 0.3) is 0 Å². The molecule has 4 amide bonds. The molecule has 0 aromatic heterocycles. The van der Waals surface area contributed by atoms with Crippen LogP contribution < -0.4 is 4.74 Å². The molecule has 0 bridgehead atoms. The van der Waals surface area contributed by atoms with Crippen molar-refractivity contribution in [2.75, 3.05) is 13.6 Å². The van der Waals surface area contributed by atoms with E-state index in [1.807, 2.05) is 0 Å². The molecule has 1 aliphatic heterocycles. The van der Waals surface area contributed by atoms with E-state index in [1.54, 1.807) is 0 Å². The van der Waals surface area contributed by atoms with Gasteiger partial charge in [0.05, 0.1) is 6.54 Å². The smallest absolute Gasteiger partial charge is 0.387 e. The molecule has 0 radical (unpaired) electrons. The summed E-state index contributed by atoms with van der Waals surface area (Å²) in [6.45, 7) is -3.59. The molecule has 0 N–H and O–H groups in total. The second kappa shape index (κ2) is 5.88. The summed E-state index contributed by atoms with van der Waals surface area (Å²) in [6.07, 6.45) is 0. The number of carbonyl (C=O) groups excluding carboxylic acids is 4. The molecule has 2 rings (SSSR count). The molecule has 0 spiro atoms. The van der Waals surface area contributed by atoms with Gasteiger partial charge in [-0.25, -0.2) is 9.69 Å². The van der Waals surface area contributed by atoms with Crippen LogP contribution in [-0.4, -0.2) is 53.6 Å². The summed E-state index contributed by atoms with van der Waals surface area (Å²) < 4.78 is 28.1. The Kier molecular flexibility index (Phi) is 4.15. The van der Waals surface area contributed by atoms with Crippen LogP contribution in [0.2, 0.25) is 0 Å². The van der Waals surface area contributed by atoms with Crippen molar-refractivity contribution in [1.29, 1.82) is 0 Å². The van der Waals surface area contributed by atoms with Crippen LogP contribution >= 0.6 is 0 Å². The number of alkyl halides is 2. The number of rotatable bonds is 5. The predicted molar refractivity (Wildman–Crippen MR) is 67.3 cm³/mol. The first-order valence-electron chi connectivity index (χ1n) is 6.03. The van der Waals surface area contributed by atoms with Crippen LogP contribution in [-0.2, 0) is 9.59 Å². The van der Waals surface area contributed by atoms with Crippen molar-refractivity contribution in [3.8, 4) is 5.75 Å². The molecule has 0 aliphatic carbocycles. The highest BCUT2D eigenvalue weighted by molar-refractivity contribution is 6.45. The largest absolute Gasteiger partial charge is 0.435 e. The maximum Gasteiger partial charge on any atom is 0.387 e. The number of benzene rings is 1. The Morgan fingerprint density at radius 3 is 2.18 bits per heavy atom. The van der Waals surface area contributed by atoms with Crippen LogP contribution in [0.1, 0.15) is 10.4 Å². The van der Waals surface area contributed by atoms with Crippen molar-refractivity contribution in [3.05, 3.63) is 29.8 Å². The third kappa shape index (κ3) is 2.92. The summed E-state index contributed by atoms with van der Waals surface area (Å²) in [7, 11) is 1.13. The molecule has 1 aliphatic rings. The van der Waals surface area contributed by atoms with Gasteiger partial charge in [0.2, 0.25) is 0 Å². The average Bonchev–Trinajstić information content (AvgIpc) is 2.65. The van der Waals surface area contributed by atoms with Crippen LogP contribution in [0, 0.1) is 0 Å². The number of hydrogen-bond donors (Lipinski definition) is 0. The summed E-state index contributed by atoms with van der Waals surface area (Å²) in [4.78, 5) is 47.6. The van der Waals surface area contributed by atoms with Crippen LogP contribution in [0.4, 0.5) is 13.6 Å². The number of amides is 4. The van der Waals surface area contributed by atoms with Gasteiger partial charge in [-0.05, 0) is 24.3 Å². The molecule has 1 aromatic rings. The van der Waals surface area contributed by atoms with E-state index in [1.165, 1.54) is 12.1 Å². The van der Waals surface area contributed by atoms with Gasteiger partial charge in [0.15, 0.2) is 5.78 Å². The van der Waals surface area contributed by atoms with Gasteiger partial charge in [-0.1, -0.05) is 0 Å². The standard InChI is InChI=1S/C13H10F2N2O5/c1-16-10(19)11(20)17(13(16)21)6-9(18)7-2-4-8(5-3-7)22-12(14)15/h2-5,12H,6H2,1H3. The molecule has 7 nitrogen and oxygen atoms in total. The number of urea groups is 1. The summed E-state index contributed by atoms with van der Waals surface area (Å²) in [5.41, 5.74) is 0.0872. The molecule has 1 fully saturated rings. The average molecular weight is 312 g/mol. The first-order chi connectivity index (χ1) is 10.3. The number of Topliss-reactive ketones (excluding diaryl/α,β-unsaturated/α-hetero) is 1. The third-order valence-corrected chi connectivity index (χ3v) is 2.95. The van der Waals surface area contributed by atoms with Crippen LogP contribution in [0.15, 0.2) is 24.3 Å².